The SMILES string of the molecule is C=C(c1cccc(C)c1)C(C)(O)CCC=C(C)C. The second kappa shape index (κ2) is 6.01. The van der Waals surface area contributed by atoms with Crippen molar-refractivity contribution in [3.8, 4) is 0 Å². The number of aliphatic hydroxyl groups is 1. The Hall–Kier alpha value is -1.34. The molecule has 1 aromatic carbocycles. The standard InChI is InChI=1S/C17H24O/c1-13(2)8-7-11-17(5,18)15(4)16-10-6-9-14(3)12-16/h6,8-10,12,18H,4,7,11H2,1-3,5H3. The first kappa shape index (κ1) is 14.7. The fourth-order valence-electron chi connectivity index (χ4n) is 1.94. The lowest BCUT2D eigenvalue weighted by molar-refractivity contribution is 0.114. The summed E-state index contributed by atoms with van der Waals surface area (Å²) >= 11 is 0. The molecule has 1 heteroatoms. The quantitative estimate of drug-likeness (QED) is 0.756. The van der Waals surface area contributed by atoms with Crippen LogP contribution in [-0.2, 0) is 0 Å². The predicted molar refractivity (Wildman–Crippen MR) is 79.5 cm³/mol. The van der Waals surface area contributed by atoms with Gasteiger partial charge in [0.05, 0.1) is 5.60 Å². The second-order valence-corrected chi connectivity index (χ2v) is 5.44. The zero-order valence-electron chi connectivity index (χ0n) is 12.0. The molecule has 0 saturated carbocycles. The van der Waals surface area contributed by atoms with Crippen LogP contribution < -0.4 is 0 Å². The summed E-state index contributed by atoms with van der Waals surface area (Å²) in [6, 6.07) is 8.12. The Morgan fingerprint density at radius 2 is 2.06 bits per heavy atom. The van der Waals surface area contributed by atoms with Gasteiger partial charge < -0.3 is 5.11 Å². The molecule has 1 rings (SSSR count). The molecule has 1 atom stereocenters. The highest BCUT2D eigenvalue weighted by Gasteiger charge is 2.24. The third-order valence-corrected chi connectivity index (χ3v) is 3.20. The molecule has 0 aliphatic rings. The third-order valence-electron chi connectivity index (χ3n) is 3.20. The summed E-state index contributed by atoms with van der Waals surface area (Å²) in [7, 11) is 0. The van der Waals surface area contributed by atoms with Crippen molar-refractivity contribution in [1.29, 1.82) is 0 Å². The Balaban J connectivity index is 2.78. The van der Waals surface area contributed by atoms with Gasteiger partial charge in [-0.05, 0) is 51.7 Å². The van der Waals surface area contributed by atoms with Gasteiger partial charge in [-0.15, -0.1) is 0 Å². The average molecular weight is 244 g/mol. The van der Waals surface area contributed by atoms with Crippen LogP contribution in [0.3, 0.4) is 0 Å². The molecule has 0 saturated heterocycles. The molecular formula is C17H24O. The zero-order valence-corrected chi connectivity index (χ0v) is 12.0. The summed E-state index contributed by atoms with van der Waals surface area (Å²) in [5, 5.41) is 10.5. The lowest BCUT2D eigenvalue weighted by Crippen LogP contribution is -2.25. The van der Waals surface area contributed by atoms with Crippen molar-refractivity contribution < 1.29 is 5.11 Å². The molecule has 0 heterocycles. The lowest BCUT2D eigenvalue weighted by atomic mass is 9.86. The number of hydrogen-bond acceptors (Lipinski definition) is 1. The van der Waals surface area contributed by atoms with Crippen LogP contribution >= 0.6 is 0 Å². The Bertz CT molecular complexity index is 448. The van der Waals surface area contributed by atoms with Gasteiger partial charge in [-0.3, -0.25) is 0 Å². The Morgan fingerprint density at radius 3 is 2.61 bits per heavy atom. The van der Waals surface area contributed by atoms with Gasteiger partial charge in [0.1, 0.15) is 0 Å². The smallest absolute Gasteiger partial charge is 0.0871 e. The van der Waals surface area contributed by atoms with Crippen LogP contribution in [0.25, 0.3) is 5.57 Å². The highest BCUT2D eigenvalue weighted by Crippen LogP contribution is 2.30. The summed E-state index contributed by atoms with van der Waals surface area (Å²) in [5.74, 6) is 0. The fourth-order valence-corrected chi connectivity index (χ4v) is 1.94. The van der Waals surface area contributed by atoms with E-state index in [1.165, 1.54) is 11.1 Å². The molecule has 0 radical (unpaired) electrons. The molecule has 1 nitrogen and oxygen atoms in total. The molecule has 0 amide bonds. The van der Waals surface area contributed by atoms with E-state index in [9.17, 15) is 5.11 Å². The topological polar surface area (TPSA) is 20.2 Å². The van der Waals surface area contributed by atoms with Crippen LogP contribution in [0.15, 0.2) is 42.5 Å². The summed E-state index contributed by atoms with van der Waals surface area (Å²) in [4.78, 5) is 0. The van der Waals surface area contributed by atoms with Gasteiger partial charge in [-0.25, -0.2) is 0 Å². The van der Waals surface area contributed by atoms with E-state index in [1.807, 2.05) is 19.1 Å². The van der Waals surface area contributed by atoms with Gasteiger partial charge >= 0.3 is 0 Å². The van der Waals surface area contributed by atoms with E-state index in [-0.39, 0.29) is 0 Å². The van der Waals surface area contributed by atoms with Crippen LogP contribution in [0.1, 0.15) is 44.7 Å². The largest absolute Gasteiger partial charge is 0.385 e. The minimum atomic E-state index is -0.847. The molecule has 0 fully saturated rings. The van der Waals surface area contributed by atoms with Crippen LogP contribution in [0, 0.1) is 6.92 Å². The predicted octanol–water partition coefficient (Wildman–Crippen LogP) is 4.51. The van der Waals surface area contributed by atoms with E-state index in [0.29, 0.717) is 6.42 Å². The Labute approximate surface area is 111 Å². The number of hydrogen-bond donors (Lipinski definition) is 1. The summed E-state index contributed by atoms with van der Waals surface area (Å²) < 4.78 is 0. The van der Waals surface area contributed by atoms with Crippen LogP contribution in [0.5, 0.6) is 0 Å². The first-order valence-electron chi connectivity index (χ1n) is 6.45. The van der Waals surface area contributed by atoms with Crippen LogP contribution in [-0.4, -0.2) is 10.7 Å². The Morgan fingerprint density at radius 1 is 1.39 bits per heavy atom. The molecule has 98 valence electrons. The molecule has 0 aliphatic heterocycles. The molecule has 0 spiro atoms. The van der Waals surface area contributed by atoms with E-state index in [1.54, 1.807) is 0 Å². The number of rotatable bonds is 5. The maximum absolute atomic E-state index is 10.5. The van der Waals surface area contributed by atoms with Crippen molar-refractivity contribution in [2.24, 2.45) is 0 Å². The van der Waals surface area contributed by atoms with Crippen LogP contribution in [0.4, 0.5) is 0 Å². The molecule has 1 N–H and O–H groups in total. The fraction of sp³-hybridized carbons (Fsp3) is 0.412. The molecule has 0 aromatic heterocycles. The number of benzene rings is 1. The minimum Gasteiger partial charge on any atom is -0.385 e. The van der Waals surface area contributed by atoms with Crippen molar-refractivity contribution in [3.05, 3.63) is 53.6 Å². The molecule has 0 aliphatic carbocycles. The summed E-state index contributed by atoms with van der Waals surface area (Å²) in [5.41, 5.74) is 3.45. The second-order valence-electron chi connectivity index (χ2n) is 5.44. The molecular weight excluding hydrogens is 220 g/mol. The number of allylic oxidation sites excluding steroid dienone is 2. The van der Waals surface area contributed by atoms with Gasteiger partial charge in [0.2, 0.25) is 0 Å². The van der Waals surface area contributed by atoms with Crippen molar-refractivity contribution in [1.82, 2.24) is 0 Å². The van der Waals surface area contributed by atoms with Crippen molar-refractivity contribution in [2.45, 2.75) is 46.1 Å². The first-order chi connectivity index (χ1) is 8.33. The van der Waals surface area contributed by atoms with Gasteiger partial charge in [-0.1, -0.05) is 48.1 Å². The van der Waals surface area contributed by atoms with E-state index < -0.39 is 5.60 Å². The monoisotopic (exact) mass is 244 g/mol. The highest BCUT2D eigenvalue weighted by molar-refractivity contribution is 5.70. The van der Waals surface area contributed by atoms with E-state index in [0.717, 1.165) is 17.6 Å². The van der Waals surface area contributed by atoms with Crippen molar-refractivity contribution in [3.63, 3.8) is 0 Å². The van der Waals surface area contributed by atoms with E-state index >= 15 is 0 Å². The average Bonchev–Trinajstić information content (AvgIpc) is 2.27. The van der Waals surface area contributed by atoms with Gasteiger partial charge in [0, 0.05) is 0 Å². The van der Waals surface area contributed by atoms with Crippen molar-refractivity contribution in [2.75, 3.05) is 0 Å². The highest BCUT2D eigenvalue weighted by atomic mass is 16.3. The van der Waals surface area contributed by atoms with E-state index in [2.05, 4.69) is 45.6 Å². The summed E-state index contributed by atoms with van der Waals surface area (Å²) in [6.07, 6.45) is 3.73. The van der Waals surface area contributed by atoms with Gasteiger partial charge in [0.25, 0.3) is 0 Å². The lowest BCUT2D eigenvalue weighted by Gasteiger charge is -2.26. The molecule has 1 aromatic rings. The number of aryl methyl sites for hydroxylation is 1. The Kier molecular flexibility index (Phi) is 4.92. The minimum absolute atomic E-state index is 0.699. The zero-order chi connectivity index (χ0) is 13.8. The maximum Gasteiger partial charge on any atom is 0.0871 e. The van der Waals surface area contributed by atoms with Crippen LogP contribution in [0.2, 0.25) is 0 Å². The normalized spacial score (nSPS) is 13.8. The summed E-state index contributed by atoms with van der Waals surface area (Å²) in [6.45, 7) is 12.1. The van der Waals surface area contributed by atoms with E-state index in [4.69, 9.17) is 0 Å². The third kappa shape index (κ3) is 4.15. The molecule has 0 bridgehead atoms. The van der Waals surface area contributed by atoms with Gasteiger partial charge in [0.15, 0.2) is 0 Å². The van der Waals surface area contributed by atoms with Gasteiger partial charge in [-0.2, -0.15) is 0 Å². The maximum atomic E-state index is 10.5. The van der Waals surface area contributed by atoms with Crippen molar-refractivity contribution >= 4 is 5.57 Å². The first-order valence-corrected chi connectivity index (χ1v) is 6.45. The molecule has 18 heavy (non-hydrogen) atoms. The molecule has 1 unspecified atom stereocenters.